The summed E-state index contributed by atoms with van der Waals surface area (Å²) in [7, 11) is 0. The van der Waals surface area contributed by atoms with Crippen molar-refractivity contribution >= 4 is 5.78 Å². The Hall–Kier alpha value is -0.590. The van der Waals surface area contributed by atoms with Crippen LogP contribution >= 0.6 is 0 Å². The Morgan fingerprint density at radius 1 is 1.29 bits per heavy atom. The number of allylic oxidation sites excluding steroid dienone is 2. The van der Waals surface area contributed by atoms with E-state index in [2.05, 4.69) is 13.0 Å². The van der Waals surface area contributed by atoms with Crippen LogP contribution in [-0.2, 0) is 4.79 Å². The highest BCUT2D eigenvalue weighted by Gasteiger charge is 2.06. The first-order valence-corrected chi connectivity index (χ1v) is 6.02. The molecule has 0 spiro atoms. The smallest absolute Gasteiger partial charge is 0.136 e. The second-order valence-electron chi connectivity index (χ2n) is 4.27. The van der Waals surface area contributed by atoms with Gasteiger partial charge in [0.1, 0.15) is 5.78 Å². The molecule has 0 aromatic carbocycles. The van der Waals surface area contributed by atoms with Gasteiger partial charge < -0.3 is 0 Å². The summed E-state index contributed by atoms with van der Waals surface area (Å²) >= 11 is 0. The van der Waals surface area contributed by atoms with Crippen LogP contribution in [0.2, 0.25) is 0 Å². The maximum Gasteiger partial charge on any atom is 0.136 e. The number of Topliss-reactive ketones (excluding diaryl/α,β-unsaturated/α-hetero) is 1. The first-order chi connectivity index (χ1) is 6.83. The van der Waals surface area contributed by atoms with E-state index in [9.17, 15) is 4.79 Å². The molecule has 0 unspecified atom stereocenters. The number of carbonyl (C=O) groups is 1. The van der Waals surface area contributed by atoms with Crippen molar-refractivity contribution in [1.82, 2.24) is 0 Å². The summed E-state index contributed by atoms with van der Waals surface area (Å²) in [4.78, 5) is 11.4. The minimum Gasteiger partial charge on any atom is -0.299 e. The van der Waals surface area contributed by atoms with E-state index in [0.717, 1.165) is 12.8 Å². The van der Waals surface area contributed by atoms with E-state index in [1.54, 1.807) is 0 Å². The average Bonchev–Trinajstić information content (AvgIpc) is 2.68. The zero-order valence-corrected chi connectivity index (χ0v) is 9.35. The maximum absolute atomic E-state index is 11.4. The Labute approximate surface area is 87.6 Å². The molecule has 0 atom stereocenters. The molecule has 1 fully saturated rings. The maximum atomic E-state index is 11.4. The molecule has 14 heavy (non-hydrogen) atoms. The van der Waals surface area contributed by atoms with Crippen molar-refractivity contribution in [2.45, 2.75) is 64.7 Å². The number of hydrogen-bond donors (Lipinski definition) is 0. The van der Waals surface area contributed by atoms with Gasteiger partial charge in [0.15, 0.2) is 0 Å². The molecule has 0 radical (unpaired) electrons. The van der Waals surface area contributed by atoms with Crippen LogP contribution in [0.1, 0.15) is 64.7 Å². The number of rotatable bonds is 6. The summed E-state index contributed by atoms with van der Waals surface area (Å²) in [5.74, 6) is 0.429. The highest BCUT2D eigenvalue weighted by molar-refractivity contribution is 5.79. The molecule has 1 aliphatic rings. The van der Waals surface area contributed by atoms with Crippen molar-refractivity contribution in [3.8, 4) is 0 Å². The standard InChI is InChI=1S/C13H22O/c1-2-3-4-9-13(14)11-10-12-7-5-6-8-12/h10H,2-9,11H2,1H3. The van der Waals surface area contributed by atoms with E-state index in [1.807, 2.05) is 0 Å². The van der Waals surface area contributed by atoms with E-state index >= 15 is 0 Å². The molecule has 1 heteroatoms. The molecule has 0 heterocycles. The highest BCUT2D eigenvalue weighted by Crippen LogP contribution is 2.24. The van der Waals surface area contributed by atoms with E-state index in [1.165, 1.54) is 44.1 Å². The topological polar surface area (TPSA) is 17.1 Å². The zero-order valence-electron chi connectivity index (χ0n) is 9.35. The predicted octanol–water partition coefficient (Wildman–Crippen LogP) is 4.03. The largest absolute Gasteiger partial charge is 0.299 e. The van der Waals surface area contributed by atoms with Gasteiger partial charge >= 0.3 is 0 Å². The van der Waals surface area contributed by atoms with Crippen LogP contribution in [0.15, 0.2) is 11.6 Å². The first kappa shape index (κ1) is 11.5. The molecule has 1 nitrogen and oxygen atoms in total. The molecular weight excluding hydrogens is 172 g/mol. The molecule has 0 aliphatic heterocycles. The van der Waals surface area contributed by atoms with Gasteiger partial charge in [-0.15, -0.1) is 0 Å². The number of unbranched alkanes of at least 4 members (excludes halogenated alkanes) is 2. The van der Waals surface area contributed by atoms with Crippen LogP contribution in [0, 0.1) is 0 Å². The summed E-state index contributed by atoms with van der Waals surface area (Å²) in [5, 5.41) is 0. The minimum absolute atomic E-state index is 0.429. The Kier molecular flexibility index (Phi) is 5.58. The number of hydrogen-bond acceptors (Lipinski definition) is 1. The van der Waals surface area contributed by atoms with Gasteiger partial charge in [-0.1, -0.05) is 31.4 Å². The van der Waals surface area contributed by atoms with E-state index in [4.69, 9.17) is 0 Å². The molecule has 0 aromatic heterocycles. The first-order valence-electron chi connectivity index (χ1n) is 6.02. The van der Waals surface area contributed by atoms with Crippen LogP contribution in [0.4, 0.5) is 0 Å². The molecule has 1 saturated carbocycles. The van der Waals surface area contributed by atoms with Gasteiger partial charge in [-0.3, -0.25) is 4.79 Å². The minimum atomic E-state index is 0.429. The van der Waals surface area contributed by atoms with Crippen molar-refractivity contribution in [1.29, 1.82) is 0 Å². The number of ketones is 1. The molecule has 0 saturated heterocycles. The van der Waals surface area contributed by atoms with Crippen molar-refractivity contribution < 1.29 is 4.79 Å². The summed E-state index contributed by atoms with van der Waals surface area (Å²) < 4.78 is 0. The summed E-state index contributed by atoms with van der Waals surface area (Å²) in [5.41, 5.74) is 1.52. The molecular formula is C13H22O. The van der Waals surface area contributed by atoms with Crippen LogP contribution in [0.3, 0.4) is 0 Å². The molecule has 0 amide bonds. The van der Waals surface area contributed by atoms with Crippen LogP contribution in [0.25, 0.3) is 0 Å². The average molecular weight is 194 g/mol. The molecule has 1 rings (SSSR count). The Morgan fingerprint density at radius 2 is 2.00 bits per heavy atom. The lowest BCUT2D eigenvalue weighted by molar-refractivity contribution is -0.118. The molecule has 80 valence electrons. The van der Waals surface area contributed by atoms with Crippen molar-refractivity contribution in [2.24, 2.45) is 0 Å². The Bertz CT molecular complexity index is 195. The lowest BCUT2D eigenvalue weighted by Crippen LogP contribution is -1.95. The van der Waals surface area contributed by atoms with Crippen molar-refractivity contribution in [2.75, 3.05) is 0 Å². The highest BCUT2D eigenvalue weighted by atomic mass is 16.1. The van der Waals surface area contributed by atoms with Gasteiger partial charge in [-0.05, 0) is 32.1 Å². The summed E-state index contributed by atoms with van der Waals surface area (Å²) in [6.45, 7) is 2.17. The van der Waals surface area contributed by atoms with Crippen molar-refractivity contribution in [3.05, 3.63) is 11.6 Å². The monoisotopic (exact) mass is 194 g/mol. The fraction of sp³-hybridized carbons (Fsp3) is 0.769. The third-order valence-electron chi connectivity index (χ3n) is 2.92. The fourth-order valence-electron chi connectivity index (χ4n) is 1.97. The number of carbonyl (C=O) groups excluding carboxylic acids is 1. The third-order valence-corrected chi connectivity index (χ3v) is 2.92. The fourth-order valence-corrected chi connectivity index (χ4v) is 1.97. The van der Waals surface area contributed by atoms with Crippen molar-refractivity contribution in [3.63, 3.8) is 0 Å². The van der Waals surface area contributed by atoms with E-state index in [-0.39, 0.29) is 0 Å². The SMILES string of the molecule is CCCCCC(=O)CC=C1CCCC1. The normalized spacial score (nSPS) is 15.9. The van der Waals surface area contributed by atoms with E-state index < -0.39 is 0 Å². The van der Waals surface area contributed by atoms with Gasteiger partial charge in [0.05, 0.1) is 0 Å². The Balaban J connectivity index is 2.10. The molecule has 0 bridgehead atoms. The van der Waals surface area contributed by atoms with Gasteiger partial charge in [-0.2, -0.15) is 0 Å². The van der Waals surface area contributed by atoms with Gasteiger partial charge in [0, 0.05) is 12.8 Å². The van der Waals surface area contributed by atoms with Gasteiger partial charge in [0.2, 0.25) is 0 Å². The zero-order chi connectivity index (χ0) is 10.2. The van der Waals surface area contributed by atoms with Crippen LogP contribution in [0.5, 0.6) is 0 Å². The van der Waals surface area contributed by atoms with E-state index in [0.29, 0.717) is 12.2 Å². The van der Waals surface area contributed by atoms with Crippen LogP contribution in [-0.4, -0.2) is 5.78 Å². The summed E-state index contributed by atoms with van der Waals surface area (Å²) in [6.07, 6.45) is 12.3. The quantitative estimate of drug-likeness (QED) is 0.461. The lowest BCUT2D eigenvalue weighted by Gasteiger charge is -1.98. The Morgan fingerprint density at radius 3 is 2.64 bits per heavy atom. The summed E-state index contributed by atoms with van der Waals surface area (Å²) in [6, 6.07) is 0. The third kappa shape index (κ3) is 4.59. The predicted molar refractivity (Wildman–Crippen MR) is 60.3 cm³/mol. The molecule has 1 aliphatic carbocycles. The second-order valence-corrected chi connectivity index (χ2v) is 4.27. The van der Waals surface area contributed by atoms with Crippen LogP contribution < -0.4 is 0 Å². The second kappa shape index (κ2) is 6.80. The van der Waals surface area contributed by atoms with Gasteiger partial charge in [0.25, 0.3) is 0 Å². The van der Waals surface area contributed by atoms with Gasteiger partial charge in [-0.25, -0.2) is 0 Å². The lowest BCUT2D eigenvalue weighted by atomic mass is 10.1. The molecule has 0 aromatic rings. The molecule has 0 N–H and O–H groups in total.